The van der Waals surface area contributed by atoms with Crippen LogP contribution in [0.2, 0.25) is 0 Å². The van der Waals surface area contributed by atoms with Crippen LogP contribution in [0.1, 0.15) is 35.1 Å². The van der Waals surface area contributed by atoms with Crippen molar-refractivity contribution in [3.05, 3.63) is 138 Å². The molecule has 0 radical (unpaired) electrons. The van der Waals surface area contributed by atoms with Crippen molar-refractivity contribution >= 4 is 23.4 Å². The molecular formula is C36H36BNO3. The molecule has 5 aromatic rings. The number of ether oxygens (including phenoxy) is 1. The summed E-state index contributed by atoms with van der Waals surface area (Å²) in [4.78, 5) is 2.40. The van der Waals surface area contributed by atoms with E-state index in [0.29, 0.717) is 25.2 Å². The van der Waals surface area contributed by atoms with Gasteiger partial charge in [-0.05, 0) is 55.5 Å². The third kappa shape index (κ3) is 6.00. The van der Waals surface area contributed by atoms with E-state index in [9.17, 15) is 10.0 Å². The van der Waals surface area contributed by atoms with Crippen LogP contribution in [0.5, 0.6) is 0 Å². The molecule has 206 valence electrons. The molecule has 1 aliphatic rings. The summed E-state index contributed by atoms with van der Waals surface area (Å²) in [7, 11) is -1.50. The molecule has 1 atom stereocenters. The fraction of sp³-hybridized carbons (Fsp3) is 0.222. The molecule has 0 saturated heterocycles. The second-order valence-corrected chi connectivity index (χ2v) is 11.3. The minimum absolute atomic E-state index is 0.249. The SMILES string of the molecule is CC(COCC1c2ccccc2-c2ccccc21)CN(Cc1ccccc1B(O)O)Cc1cccc2ccccc12. The standard InChI is InChI=1S/C36H36BNO3/c1-26(24-41-25-35-33-18-7-5-16-31(33)32-17-6-8-19-34(32)35)21-38(23-29-12-3-9-20-36(29)37(39)40)22-28-14-10-13-27-11-2-4-15-30(27)28/h2-20,26,35,39-40H,21-25H2,1H3. The van der Waals surface area contributed by atoms with Crippen molar-refractivity contribution in [2.24, 2.45) is 5.92 Å². The van der Waals surface area contributed by atoms with Gasteiger partial charge in [0.1, 0.15) is 0 Å². The molecule has 6 rings (SSSR count). The fourth-order valence-electron chi connectivity index (χ4n) is 6.35. The smallest absolute Gasteiger partial charge is 0.423 e. The minimum Gasteiger partial charge on any atom is -0.423 e. The normalized spacial score (nSPS) is 13.4. The van der Waals surface area contributed by atoms with E-state index >= 15 is 0 Å². The summed E-state index contributed by atoms with van der Waals surface area (Å²) in [6.07, 6.45) is 0. The molecule has 0 bridgehead atoms. The Kier molecular flexibility index (Phi) is 8.31. The van der Waals surface area contributed by atoms with E-state index in [1.165, 1.54) is 38.6 Å². The van der Waals surface area contributed by atoms with Crippen LogP contribution in [0.4, 0.5) is 0 Å². The fourth-order valence-corrected chi connectivity index (χ4v) is 6.35. The first-order valence-corrected chi connectivity index (χ1v) is 14.5. The van der Waals surface area contributed by atoms with E-state index in [1.54, 1.807) is 6.07 Å². The Morgan fingerprint density at radius 1 is 0.707 bits per heavy atom. The average Bonchev–Trinajstić information content (AvgIpc) is 3.31. The first kappa shape index (κ1) is 27.4. The van der Waals surface area contributed by atoms with Crippen molar-refractivity contribution in [1.82, 2.24) is 4.90 Å². The highest BCUT2D eigenvalue weighted by Crippen LogP contribution is 2.44. The highest BCUT2D eigenvalue weighted by atomic mass is 16.5. The van der Waals surface area contributed by atoms with E-state index in [4.69, 9.17) is 4.74 Å². The van der Waals surface area contributed by atoms with Crippen LogP contribution in [0.25, 0.3) is 21.9 Å². The first-order chi connectivity index (χ1) is 20.1. The van der Waals surface area contributed by atoms with Crippen molar-refractivity contribution in [3.8, 4) is 11.1 Å². The number of nitrogens with zero attached hydrogens (tertiary/aromatic N) is 1. The van der Waals surface area contributed by atoms with Crippen molar-refractivity contribution < 1.29 is 14.8 Å². The van der Waals surface area contributed by atoms with Gasteiger partial charge in [-0.15, -0.1) is 0 Å². The molecule has 0 fully saturated rings. The minimum atomic E-state index is -1.50. The van der Waals surface area contributed by atoms with Gasteiger partial charge in [0.15, 0.2) is 0 Å². The second-order valence-electron chi connectivity index (χ2n) is 11.3. The Balaban J connectivity index is 1.17. The summed E-state index contributed by atoms with van der Waals surface area (Å²) >= 11 is 0. The van der Waals surface area contributed by atoms with Gasteiger partial charge in [0.2, 0.25) is 0 Å². The first-order valence-electron chi connectivity index (χ1n) is 14.5. The topological polar surface area (TPSA) is 52.9 Å². The van der Waals surface area contributed by atoms with Crippen LogP contribution in [0.15, 0.2) is 115 Å². The molecule has 1 aliphatic carbocycles. The summed E-state index contributed by atoms with van der Waals surface area (Å²) in [5.41, 5.74) is 8.06. The molecule has 0 heterocycles. The molecule has 1 unspecified atom stereocenters. The molecule has 0 aliphatic heterocycles. The van der Waals surface area contributed by atoms with E-state index < -0.39 is 7.12 Å². The zero-order chi connectivity index (χ0) is 28.2. The van der Waals surface area contributed by atoms with Crippen molar-refractivity contribution in [3.63, 3.8) is 0 Å². The summed E-state index contributed by atoms with van der Waals surface area (Å²) in [5, 5.41) is 22.5. The molecule has 5 aromatic carbocycles. The highest BCUT2D eigenvalue weighted by Gasteiger charge is 2.28. The third-order valence-corrected chi connectivity index (χ3v) is 8.22. The Bertz CT molecular complexity index is 1580. The van der Waals surface area contributed by atoms with E-state index in [-0.39, 0.29) is 11.8 Å². The molecule has 0 aromatic heterocycles. The molecule has 0 amide bonds. The van der Waals surface area contributed by atoms with Gasteiger partial charge in [-0.2, -0.15) is 0 Å². The van der Waals surface area contributed by atoms with Crippen LogP contribution in [-0.2, 0) is 17.8 Å². The van der Waals surface area contributed by atoms with Gasteiger partial charge >= 0.3 is 7.12 Å². The zero-order valence-corrected chi connectivity index (χ0v) is 23.5. The maximum absolute atomic E-state index is 10.0. The second kappa shape index (κ2) is 12.4. The van der Waals surface area contributed by atoms with Crippen molar-refractivity contribution in [1.29, 1.82) is 0 Å². The molecule has 4 nitrogen and oxygen atoms in total. The van der Waals surface area contributed by atoms with Crippen LogP contribution in [-0.4, -0.2) is 41.8 Å². The molecular weight excluding hydrogens is 505 g/mol. The Labute approximate surface area is 243 Å². The number of hydrogen-bond donors (Lipinski definition) is 2. The van der Waals surface area contributed by atoms with E-state index in [1.807, 2.05) is 18.2 Å². The summed E-state index contributed by atoms with van der Waals surface area (Å²) in [6.45, 7) is 5.73. The summed E-state index contributed by atoms with van der Waals surface area (Å²) < 4.78 is 6.42. The molecule has 5 heteroatoms. The predicted molar refractivity (Wildman–Crippen MR) is 168 cm³/mol. The molecule has 0 spiro atoms. The molecule has 2 N–H and O–H groups in total. The Hall–Kier alpha value is -3.74. The van der Waals surface area contributed by atoms with E-state index in [2.05, 4.69) is 103 Å². The van der Waals surface area contributed by atoms with Gasteiger partial charge in [0.05, 0.1) is 13.2 Å². The van der Waals surface area contributed by atoms with Gasteiger partial charge in [-0.3, -0.25) is 4.90 Å². The van der Waals surface area contributed by atoms with Crippen LogP contribution < -0.4 is 5.46 Å². The Morgan fingerprint density at radius 3 is 2.05 bits per heavy atom. The van der Waals surface area contributed by atoms with E-state index in [0.717, 1.165) is 18.7 Å². The third-order valence-electron chi connectivity index (χ3n) is 8.22. The number of rotatable bonds is 11. The molecule has 41 heavy (non-hydrogen) atoms. The summed E-state index contributed by atoms with van der Waals surface area (Å²) in [5.74, 6) is 0.530. The quantitative estimate of drug-likeness (QED) is 0.202. The van der Waals surface area contributed by atoms with Gasteiger partial charge < -0.3 is 14.8 Å². The lowest BCUT2D eigenvalue weighted by Gasteiger charge is -2.28. The van der Waals surface area contributed by atoms with Crippen molar-refractivity contribution in [2.45, 2.75) is 25.9 Å². The van der Waals surface area contributed by atoms with Gasteiger partial charge in [-0.25, -0.2) is 0 Å². The van der Waals surface area contributed by atoms with Crippen molar-refractivity contribution in [2.75, 3.05) is 19.8 Å². The monoisotopic (exact) mass is 541 g/mol. The van der Waals surface area contributed by atoms with Crippen LogP contribution in [0, 0.1) is 5.92 Å². The zero-order valence-electron chi connectivity index (χ0n) is 23.5. The van der Waals surface area contributed by atoms with Crippen LogP contribution >= 0.6 is 0 Å². The lowest BCUT2D eigenvalue weighted by molar-refractivity contribution is 0.0805. The van der Waals surface area contributed by atoms with Gasteiger partial charge in [0.25, 0.3) is 0 Å². The lowest BCUT2D eigenvalue weighted by Crippen LogP contribution is -2.37. The largest absolute Gasteiger partial charge is 0.488 e. The predicted octanol–water partition coefficient (Wildman–Crippen LogP) is 5.99. The number of fused-ring (bicyclic) bond motifs is 4. The number of hydrogen-bond acceptors (Lipinski definition) is 4. The maximum Gasteiger partial charge on any atom is 0.488 e. The van der Waals surface area contributed by atoms with Gasteiger partial charge in [-0.1, -0.05) is 122 Å². The number of benzene rings is 5. The van der Waals surface area contributed by atoms with Crippen LogP contribution in [0.3, 0.4) is 0 Å². The van der Waals surface area contributed by atoms with Gasteiger partial charge in [0, 0.05) is 25.6 Å². The Morgan fingerprint density at radius 2 is 1.29 bits per heavy atom. The maximum atomic E-state index is 10.0. The lowest BCUT2D eigenvalue weighted by atomic mass is 9.77. The summed E-state index contributed by atoms with van der Waals surface area (Å²) in [6, 6.07) is 39.9. The average molecular weight is 542 g/mol. The molecule has 0 saturated carbocycles. The highest BCUT2D eigenvalue weighted by molar-refractivity contribution is 6.59.